The van der Waals surface area contributed by atoms with Crippen LogP contribution in [0.15, 0.2) is 42.5 Å². The van der Waals surface area contributed by atoms with E-state index in [1.54, 1.807) is 0 Å². The van der Waals surface area contributed by atoms with Gasteiger partial charge in [0.05, 0.1) is 0 Å². The van der Waals surface area contributed by atoms with Gasteiger partial charge in [-0.1, -0.05) is 42.5 Å². The van der Waals surface area contributed by atoms with E-state index in [1.165, 1.54) is 16.3 Å². The molecule has 0 saturated carbocycles. The quantitative estimate of drug-likeness (QED) is 0.711. The van der Waals surface area contributed by atoms with Crippen molar-refractivity contribution in [3.05, 3.63) is 48.0 Å². The zero-order chi connectivity index (χ0) is 14.3. The first kappa shape index (κ1) is 14.7. The highest BCUT2D eigenvalue weighted by Gasteiger charge is 2.04. The van der Waals surface area contributed by atoms with Gasteiger partial charge < -0.3 is 15.9 Å². The van der Waals surface area contributed by atoms with E-state index < -0.39 is 11.9 Å². The molecule has 5 heteroatoms. The van der Waals surface area contributed by atoms with Gasteiger partial charge in [0, 0.05) is 0 Å². The Kier molecular flexibility index (Phi) is 5.50. The van der Waals surface area contributed by atoms with Crippen LogP contribution in [0.1, 0.15) is 5.56 Å². The molecule has 2 rings (SSSR count). The number of hydrogen-bond acceptors (Lipinski definition) is 3. The first-order valence-corrected chi connectivity index (χ1v) is 5.68. The molecule has 2 aromatic rings. The van der Waals surface area contributed by atoms with Crippen LogP contribution in [-0.2, 0) is 16.0 Å². The van der Waals surface area contributed by atoms with Crippen LogP contribution < -0.4 is 5.73 Å². The van der Waals surface area contributed by atoms with E-state index in [2.05, 4.69) is 42.5 Å². The van der Waals surface area contributed by atoms with Gasteiger partial charge in [0.2, 0.25) is 0 Å². The molecule has 0 spiro atoms. The highest BCUT2D eigenvalue weighted by Crippen LogP contribution is 2.15. The van der Waals surface area contributed by atoms with Crippen molar-refractivity contribution < 1.29 is 19.8 Å². The van der Waals surface area contributed by atoms with Crippen LogP contribution in [0.25, 0.3) is 10.8 Å². The summed E-state index contributed by atoms with van der Waals surface area (Å²) in [6.07, 6.45) is 0.963. The molecule has 0 aliphatic carbocycles. The first-order chi connectivity index (χ1) is 9.04. The monoisotopic (exact) mass is 261 g/mol. The molecule has 0 atom stereocenters. The number of carboxylic acids is 2. The molecule has 0 aliphatic heterocycles. The molecular formula is C14H15NO4. The second-order valence-electron chi connectivity index (χ2n) is 3.83. The van der Waals surface area contributed by atoms with E-state index in [1.807, 2.05) is 0 Å². The lowest BCUT2D eigenvalue weighted by atomic mass is 10.1. The fourth-order valence-corrected chi connectivity index (χ4v) is 1.56. The highest BCUT2D eigenvalue weighted by molar-refractivity contribution is 6.27. The zero-order valence-electron chi connectivity index (χ0n) is 10.2. The third-order valence-corrected chi connectivity index (χ3v) is 2.43. The molecular weight excluding hydrogens is 246 g/mol. The van der Waals surface area contributed by atoms with E-state index in [4.69, 9.17) is 25.5 Å². The lowest BCUT2D eigenvalue weighted by Crippen LogP contribution is -2.09. The molecule has 0 unspecified atom stereocenters. The largest absolute Gasteiger partial charge is 0.473 e. The Hall–Kier alpha value is -2.40. The molecule has 2 aromatic carbocycles. The third kappa shape index (κ3) is 4.77. The normalized spacial score (nSPS) is 9.53. The number of carboxylic acid groups (broad SMARTS) is 2. The summed E-state index contributed by atoms with van der Waals surface area (Å²) in [5.74, 6) is -3.65. The lowest BCUT2D eigenvalue weighted by Gasteiger charge is -2.01. The summed E-state index contributed by atoms with van der Waals surface area (Å²) in [5.41, 5.74) is 6.83. The van der Waals surface area contributed by atoms with E-state index in [0.29, 0.717) is 0 Å². The number of carbonyl (C=O) groups is 2. The maximum absolute atomic E-state index is 9.10. The van der Waals surface area contributed by atoms with Crippen molar-refractivity contribution >= 4 is 22.7 Å². The minimum atomic E-state index is -1.82. The van der Waals surface area contributed by atoms with Crippen molar-refractivity contribution in [2.45, 2.75) is 6.42 Å². The second-order valence-corrected chi connectivity index (χ2v) is 3.83. The number of aliphatic carboxylic acids is 2. The van der Waals surface area contributed by atoms with E-state index in [0.717, 1.165) is 13.0 Å². The van der Waals surface area contributed by atoms with Gasteiger partial charge in [0.15, 0.2) is 0 Å². The Bertz CT molecular complexity index is 568. The van der Waals surface area contributed by atoms with E-state index in [-0.39, 0.29) is 0 Å². The number of rotatable bonds is 2. The topological polar surface area (TPSA) is 101 Å². The number of nitrogens with two attached hydrogens (primary N) is 1. The summed E-state index contributed by atoms with van der Waals surface area (Å²) >= 11 is 0. The van der Waals surface area contributed by atoms with Crippen LogP contribution >= 0.6 is 0 Å². The molecule has 0 aromatic heterocycles. The van der Waals surface area contributed by atoms with E-state index >= 15 is 0 Å². The van der Waals surface area contributed by atoms with Crippen molar-refractivity contribution in [3.8, 4) is 0 Å². The SMILES string of the molecule is NCCc1ccc2ccccc2c1.O=C(O)C(=O)O. The van der Waals surface area contributed by atoms with Crippen LogP contribution in [-0.4, -0.2) is 28.7 Å². The average molecular weight is 261 g/mol. The molecule has 0 radical (unpaired) electrons. The second kappa shape index (κ2) is 7.13. The van der Waals surface area contributed by atoms with Gasteiger partial charge in [-0.05, 0) is 29.3 Å². The molecule has 19 heavy (non-hydrogen) atoms. The summed E-state index contributed by atoms with van der Waals surface area (Å²) in [6.45, 7) is 0.721. The maximum Gasteiger partial charge on any atom is 0.414 e. The Morgan fingerprint density at radius 1 is 0.947 bits per heavy atom. The van der Waals surface area contributed by atoms with Crippen LogP contribution in [0.5, 0.6) is 0 Å². The summed E-state index contributed by atoms with van der Waals surface area (Å²) in [4.78, 5) is 18.2. The molecule has 0 bridgehead atoms. The van der Waals surface area contributed by atoms with Crippen LogP contribution in [0, 0.1) is 0 Å². The van der Waals surface area contributed by atoms with Crippen molar-refractivity contribution in [2.75, 3.05) is 6.54 Å². The Labute approximate surface area is 110 Å². The van der Waals surface area contributed by atoms with Crippen LogP contribution in [0.2, 0.25) is 0 Å². The Morgan fingerprint density at radius 2 is 1.53 bits per heavy atom. The van der Waals surface area contributed by atoms with Crippen LogP contribution in [0.4, 0.5) is 0 Å². The number of fused-ring (bicyclic) bond motifs is 1. The predicted octanol–water partition coefficient (Wildman–Crippen LogP) is 1.50. The predicted molar refractivity (Wildman–Crippen MR) is 72.0 cm³/mol. The number of benzene rings is 2. The van der Waals surface area contributed by atoms with Gasteiger partial charge in [-0.25, -0.2) is 9.59 Å². The highest BCUT2D eigenvalue weighted by atomic mass is 16.4. The molecule has 0 amide bonds. The Balaban J connectivity index is 0.000000258. The van der Waals surface area contributed by atoms with Crippen molar-refractivity contribution in [1.82, 2.24) is 0 Å². The summed E-state index contributed by atoms with van der Waals surface area (Å²) in [7, 11) is 0. The van der Waals surface area contributed by atoms with Gasteiger partial charge in [0.25, 0.3) is 0 Å². The maximum atomic E-state index is 9.10. The molecule has 5 nitrogen and oxygen atoms in total. The zero-order valence-corrected chi connectivity index (χ0v) is 10.2. The Morgan fingerprint density at radius 3 is 2.05 bits per heavy atom. The molecule has 100 valence electrons. The van der Waals surface area contributed by atoms with Crippen molar-refractivity contribution in [3.63, 3.8) is 0 Å². The van der Waals surface area contributed by atoms with Crippen molar-refractivity contribution in [2.24, 2.45) is 5.73 Å². The number of hydrogen-bond donors (Lipinski definition) is 3. The molecule has 0 heterocycles. The van der Waals surface area contributed by atoms with Gasteiger partial charge >= 0.3 is 11.9 Å². The minimum Gasteiger partial charge on any atom is -0.473 e. The summed E-state index contributed by atoms with van der Waals surface area (Å²) in [6, 6.07) is 14.9. The standard InChI is InChI=1S/C12H13N.C2H2O4/c13-8-7-10-5-6-11-3-1-2-4-12(11)9-10;3-1(4)2(5)6/h1-6,9H,7-8,13H2;(H,3,4)(H,5,6). The summed E-state index contributed by atoms with van der Waals surface area (Å²) in [5, 5.41) is 17.4. The fourth-order valence-electron chi connectivity index (χ4n) is 1.56. The third-order valence-electron chi connectivity index (χ3n) is 2.43. The van der Waals surface area contributed by atoms with Gasteiger partial charge in [0.1, 0.15) is 0 Å². The average Bonchev–Trinajstić information content (AvgIpc) is 2.39. The smallest absolute Gasteiger partial charge is 0.414 e. The van der Waals surface area contributed by atoms with Gasteiger partial charge in [-0.15, -0.1) is 0 Å². The van der Waals surface area contributed by atoms with Crippen LogP contribution in [0.3, 0.4) is 0 Å². The summed E-state index contributed by atoms with van der Waals surface area (Å²) < 4.78 is 0. The molecule has 0 fully saturated rings. The van der Waals surface area contributed by atoms with E-state index in [9.17, 15) is 0 Å². The van der Waals surface area contributed by atoms with Gasteiger partial charge in [-0.3, -0.25) is 0 Å². The fraction of sp³-hybridized carbons (Fsp3) is 0.143. The molecule has 4 N–H and O–H groups in total. The molecule has 0 saturated heterocycles. The first-order valence-electron chi connectivity index (χ1n) is 5.68. The van der Waals surface area contributed by atoms with Gasteiger partial charge in [-0.2, -0.15) is 0 Å². The molecule has 0 aliphatic rings. The van der Waals surface area contributed by atoms with Crippen molar-refractivity contribution in [1.29, 1.82) is 0 Å². The lowest BCUT2D eigenvalue weighted by molar-refractivity contribution is -0.159. The minimum absolute atomic E-state index is 0.721.